The van der Waals surface area contributed by atoms with E-state index in [4.69, 9.17) is 16.0 Å². The van der Waals surface area contributed by atoms with Crippen LogP contribution in [0.3, 0.4) is 0 Å². The van der Waals surface area contributed by atoms with Gasteiger partial charge in [-0.2, -0.15) is 0 Å². The largest absolute Gasteiger partial charge is 0.467 e. The fourth-order valence-corrected chi connectivity index (χ4v) is 5.06. The van der Waals surface area contributed by atoms with Gasteiger partial charge in [-0.15, -0.1) is 0 Å². The zero-order valence-corrected chi connectivity index (χ0v) is 17.6. The number of sulfone groups is 1. The highest BCUT2D eigenvalue weighted by molar-refractivity contribution is 7.90. The van der Waals surface area contributed by atoms with Crippen LogP contribution in [0.4, 0.5) is 5.13 Å². The minimum Gasteiger partial charge on any atom is -0.467 e. The van der Waals surface area contributed by atoms with E-state index in [2.05, 4.69) is 4.98 Å². The fourth-order valence-electron chi connectivity index (χ4n) is 2.92. The topological polar surface area (TPSA) is 80.5 Å². The van der Waals surface area contributed by atoms with E-state index in [1.165, 1.54) is 34.6 Å². The lowest BCUT2D eigenvalue weighted by Gasteiger charge is -2.20. The fraction of sp³-hybridized carbons (Fsp3) is 0.100. The van der Waals surface area contributed by atoms with Crippen molar-refractivity contribution in [2.45, 2.75) is 11.4 Å². The molecule has 0 aliphatic carbocycles. The highest BCUT2D eigenvalue weighted by Gasteiger charge is 2.27. The summed E-state index contributed by atoms with van der Waals surface area (Å²) >= 11 is 7.54. The zero-order valence-electron chi connectivity index (χ0n) is 15.2. The number of carbonyl (C=O) groups is 1. The number of fused-ring (bicyclic) bond motifs is 1. The number of carbonyl (C=O) groups excluding carboxylic acids is 1. The Morgan fingerprint density at radius 1 is 1.14 bits per heavy atom. The molecule has 4 rings (SSSR count). The van der Waals surface area contributed by atoms with Crippen molar-refractivity contribution in [2.75, 3.05) is 11.2 Å². The summed E-state index contributed by atoms with van der Waals surface area (Å²) in [6.07, 6.45) is 2.59. The first-order valence-electron chi connectivity index (χ1n) is 8.53. The molecular formula is C20H15ClN2O4S2. The van der Waals surface area contributed by atoms with Crippen LogP contribution in [0.1, 0.15) is 16.1 Å². The zero-order chi connectivity index (χ0) is 20.6. The average molecular weight is 447 g/mol. The first-order chi connectivity index (χ1) is 13.8. The minimum atomic E-state index is -3.60. The summed E-state index contributed by atoms with van der Waals surface area (Å²) in [5, 5.41) is 0.879. The normalized spacial score (nSPS) is 11.7. The number of nitrogens with zero attached hydrogens (tertiary/aromatic N) is 2. The number of amides is 1. The Kier molecular flexibility index (Phi) is 5.16. The maximum absolute atomic E-state index is 13.5. The van der Waals surface area contributed by atoms with Crippen LogP contribution in [0.5, 0.6) is 0 Å². The lowest BCUT2D eigenvalue weighted by molar-refractivity contribution is 0.0980. The maximum atomic E-state index is 13.5. The van der Waals surface area contributed by atoms with Gasteiger partial charge in [-0.1, -0.05) is 41.1 Å². The molecule has 0 saturated heterocycles. The molecule has 148 valence electrons. The molecule has 1 amide bonds. The van der Waals surface area contributed by atoms with Gasteiger partial charge in [-0.3, -0.25) is 9.69 Å². The van der Waals surface area contributed by atoms with Gasteiger partial charge in [0.1, 0.15) is 11.3 Å². The molecule has 2 aromatic heterocycles. The lowest BCUT2D eigenvalue weighted by Crippen LogP contribution is -2.31. The second-order valence-electron chi connectivity index (χ2n) is 6.32. The van der Waals surface area contributed by atoms with E-state index in [1.54, 1.807) is 30.3 Å². The van der Waals surface area contributed by atoms with Gasteiger partial charge < -0.3 is 4.42 Å². The molecule has 0 fully saturated rings. The standard InChI is InChI=1S/C20H15ClN2O4S2/c1-29(25,26)17-10-3-2-7-14(17)19(24)23(12-13-6-5-11-27-13)20-22-18-15(21)8-4-9-16(18)28-20/h2-11H,12H2,1H3. The van der Waals surface area contributed by atoms with Gasteiger partial charge in [0.05, 0.1) is 33.0 Å². The van der Waals surface area contributed by atoms with Gasteiger partial charge in [0.2, 0.25) is 0 Å². The Hall–Kier alpha value is -2.68. The van der Waals surface area contributed by atoms with Crippen LogP contribution < -0.4 is 4.90 Å². The summed E-state index contributed by atoms with van der Waals surface area (Å²) in [7, 11) is -3.60. The van der Waals surface area contributed by atoms with E-state index in [0.717, 1.165) is 11.0 Å². The molecular weight excluding hydrogens is 432 g/mol. The Balaban J connectivity index is 1.85. The van der Waals surface area contributed by atoms with Gasteiger partial charge in [0.15, 0.2) is 15.0 Å². The Morgan fingerprint density at radius 2 is 1.93 bits per heavy atom. The summed E-state index contributed by atoms with van der Waals surface area (Å²) in [5.41, 5.74) is 0.662. The summed E-state index contributed by atoms with van der Waals surface area (Å²) in [6.45, 7) is 0.0986. The van der Waals surface area contributed by atoms with Crippen LogP contribution in [0.2, 0.25) is 5.02 Å². The van der Waals surface area contributed by atoms with Crippen LogP contribution in [-0.2, 0) is 16.4 Å². The Labute approximate surface area is 176 Å². The highest BCUT2D eigenvalue weighted by Crippen LogP contribution is 2.34. The van der Waals surface area contributed by atoms with E-state index in [1.807, 2.05) is 12.1 Å². The van der Waals surface area contributed by atoms with Crippen molar-refractivity contribution in [2.24, 2.45) is 0 Å². The molecule has 0 aliphatic rings. The van der Waals surface area contributed by atoms with Crippen molar-refractivity contribution in [3.63, 3.8) is 0 Å². The van der Waals surface area contributed by atoms with Gasteiger partial charge in [-0.05, 0) is 36.4 Å². The van der Waals surface area contributed by atoms with Gasteiger partial charge in [0.25, 0.3) is 5.91 Å². The third kappa shape index (κ3) is 3.91. The van der Waals surface area contributed by atoms with E-state index in [0.29, 0.717) is 21.4 Å². The molecule has 29 heavy (non-hydrogen) atoms. The van der Waals surface area contributed by atoms with Crippen molar-refractivity contribution >= 4 is 54.0 Å². The van der Waals surface area contributed by atoms with Crippen LogP contribution in [0.15, 0.2) is 70.2 Å². The SMILES string of the molecule is CS(=O)(=O)c1ccccc1C(=O)N(Cc1ccco1)c1nc2c(Cl)cccc2s1. The number of hydrogen-bond acceptors (Lipinski definition) is 6. The molecule has 9 heteroatoms. The Bertz CT molecular complexity index is 1300. The second-order valence-corrected chi connectivity index (χ2v) is 9.72. The second kappa shape index (κ2) is 7.62. The van der Waals surface area contributed by atoms with Crippen LogP contribution in [0.25, 0.3) is 10.2 Å². The number of benzene rings is 2. The number of aromatic nitrogens is 1. The van der Waals surface area contributed by atoms with E-state index in [-0.39, 0.29) is 17.0 Å². The molecule has 2 aromatic carbocycles. The van der Waals surface area contributed by atoms with Gasteiger partial charge in [0, 0.05) is 6.26 Å². The molecule has 0 spiro atoms. The number of hydrogen-bond donors (Lipinski definition) is 0. The number of anilines is 1. The average Bonchev–Trinajstić information content (AvgIpc) is 3.35. The first kappa shape index (κ1) is 19.6. The highest BCUT2D eigenvalue weighted by atomic mass is 35.5. The third-order valence-corrected chi connectivity index (χ3v) is 6.75. The van der Waals surface area contributed by atoms with E-state index >= 15 is 0 Å². The van der Waals surface area contributed by atoms with E-state index in [9.17, 15) is 13.2 Å². The minimum absolute atomic E-state index is 0.0337. The number of furan rings is 1. The molecule has 0 aliphatic heterocycles. The Morgan fingerprint density at radius 3 is 2.62 bits per heavy atom. The number of thiazole rings is 1. The van der Waals surface area contributed by atoms with Crippen LogP contribution >= 0.6 is 22.9 Å². The smallest absolute Gasteiger partial charge is 0.261 e. The summed E-state index contributed by atoms with van der Waals surface area (Å²) < 4.78 is 30.6. The summed E-state index contributed by atoms with van der Waals surface area (Å²) in [6, 6.07) is 15.0. The van der Waals surface area contributed by atoms with Crippen LogP contribution in [-0.4, -0.2) is 25.6 Å². The molecule has 0 radical (unpaired) electrons. The summed E-state index contributed by atoms with van der Waals surface area (Å²) in [5.74, 6) is 0.0538. The van der Waals surface area contributed by atoms with Crippen LogP contribution in [0, 0.1) is 0 Å². The van der Waals surface area contributed by atoms with Crippen molar-refractivity contribution in [1.29, 1.82) is 0 Å². The molecule has 6 nitrogen and oxygen atoms in total. The van der Waals surface area contributed by atoms with E-state index < -0.39 is 15.7 Å². The van der Waals surface area contributed by atoms with Crippen molar-refractivity contribution in [1.82, 2.24) is 4.98 Å². The quantitative estimate of drug-likeness (QED) is 0.440. The number of halogens is 1. The molecule has 0 saturated carbocycles. The summed E-state index contributed by atoms with van der Waals surface area (Å²) in [4.78, 5) is 19.4. The third-order valence-electron chi connectivity index (χ3n) is 4.25. The predicted molar refractivity (Wildman–Crippen MR) is 113 cm³/mol. The molecule has 0 unspecified atom stereocenters. The molecule has 0 N–H and O–H groups in total. The van der Waals surface area contributed by atoms with Gasteiger partial charge >= 0.3 is 0 Å². The maximum Gasteiger partial charge on any atom is 0.261 e. The number of rotatable bonds is 5. The first-order valence-corrected chi connectivity index (χ1v) is 11.6. The lowest BCUT2D eigenvalue weighted by atomic mass is 10.2. The van der Waals surface area contributed by atoms with Crippen molar-refractivity contribution in [3.05, 3.63) is 77.2 Å². The van der Waals surface area contributed by atoms with Gasteiger partial charge in [-0.25, -0.2) is 13.4 Å². The number of para-hydroxylation sites is 1. The van der Waals surface area contributed by atoms with Crippen molar-refractivity contribution < 1.29 is 17.6 Å². The molecule has 0 bridgehead atoms. The molecule has 4 aromatic rings. The van der Waals surface area contributed by atoms with Crippen molar-refractivity contribution in [3.8, 4) is 0 Å². The monoisotopic (exact) mass is 446 g/mol. The molecule has 2 heterocycles. The predicted octanol–water partition coefficient (Wildman–Crippen LogP) is 4.79. The molecule has 0 atom stereocenters.